The number of hydrogen-bond acceptors (Lipinski definition) is 1. The average molecular weight is 94.1 g/mol. The molecule has 0 N–H and O–H groups in total. The van der Waals surface area contributed by atoms with Crippen molar-refractivity contribution in [2.45, 2.75) is 0 Å². The van der Waals surface area contributed by atoms with Crippen molar-refractivity contribution in [2.24, 2.45) is 0 Å². The molecule has 1 heteroatoms. The van der Waals surface area contributed by atoms with Gasteiger partial charge >= 0.3 is 0 Å². The van der Waals surface area contributed by atoms with Gasteiger partial charge in [0.2, 0.25) is 0 Å². The molecule has 0 unspecified atom stereocenters. The van der Waals surface area contributed by atoms with Gasteiger partial charge in [-0.25, -0.2) is 0 Å². The van der Waals surface area contributed by atoms with Crippen molar-refractivity contribution in [1.82, 2.24) is 0 Å². The monoisotopic (exact) mass is 94.0 g/mol. The molecule has 0 rings (SSSR count). The standard InChI is InChI=1S/C6H6O/c1-3-4-5-6-7-2/h1H,6H2,2H3. The first kappa shape index (κ1) is 6.08. The Kier molecular flexibility index (Phi) is 4.41. The highest BCUT2D eigenvalue weighted by molar-refractivity contribution is 5.21. The van der Waals surface area contributed by atoms with Crippen molar-refractivity contribution in [3.63, 3.8) is 0 Å². The first-order valence-corrected chi connectivity index (χ1v) is 1.84. The van der Waals surface area contributed by atoms with Crippen LogP contribution >= 0.6 is 0 Å². The smallest absolute Gasteiger partial charge is 0.108 e. The van der Waals surface area contributed by atoms with Crippen LogP contribution in [0.25, 0.3) is 0 Å². The Morgan fingerprint density at radius 1 is 1.71 bits per heavy atom. The highest BCUT2D eigenvalue weighted by Crippen LogP contribution is 1.58. The molecule has 0 aromatic rings. The molecule has 0 atom stereocenters. The highest BCUT2D eigenvalue weighted by Gasteiger charge is 1.61. The quantitative estimate of drug-likeness (QED) is 0.424. The normalized spacial score (nSPS) is 5.71. The zero-order valence-electron chi connectivity index (χ0n) is 4.19. The highest BCUT2D eigenvalue weighted by atomic mass is 16.5. The minimum atomic E-state index is 0.421. The van der Waals surface area contributed by atoms with E-state index >= 15 is 0 Å². The molecule has 0 fully saturated rings. The molecule has 36 valence electrons. The summed E-state index contributed by atoms with van der Waals surface area (Å²) in [6, 6.07) is 0. The summed E-state index contributed by atoms with van der Waals surface area (Å²) in [5, 5.41) is 0. The summed E-state index contributed by atoms with van der Waals surface area (Å²) in [4.78, 5) is 0. The molecular formula is C6H6O. The van der Waals surface area contributed by atoms with Crippen LogP contribution < -0.4 is 0 Å². The molecule has 0 aliphatic carbocycles. The van der Waals surface area contributed by atoms with Crippen molar-refractivity contribution in [3.05, 3.63) is 0 Å². The van der Waals surface area contributed by atoms with Gasteiger partial charge in [0.25, 0.3) is 0 Å². The van der Waals surface area contributed by atoms with E-state index in [1.165, 1.54) is 0 Å². The van der Waals surface area contributed by atoms with E-state index in [0.29, 0.717) is 6.61 Å². The van der Waals surface area contributed by atoms with Gasteiger partial charge in [0.05, 0.1) is 0 Å². The summed E-state index contributed by atoms with van der Waals surface area (Å²) in [6.45, 7) is 0.421. The SMILES string of the molecule is C#CC#CCOC. The van der Waals surface area contributed by atoms with Crippen LogP contribution in [0.2, 0.25) is 0 Å². The molecule has 0 aromatic carbocycles. The fourth-order valence-corrected chi connectivity index (χ4v) is 0.159. The second-order valence-electron chi connectivity index (χ2n) is 0.879. The van der Waals surface area contributed by atoms with Crippen molar-refractivity contribution in [1.29, 1.82) is 0 Å². The molecule has 0 saturated carbocycles. The summed E-state index contributed by atoms with van der Waals surface area (Å²) < 4.78 is 4.57. The van der Waals surface area contributed by atoms with Gasteiger partial charge < -0.3 is 4.74 Å². The molecule has 1 nitrogen and oxygen atoms in total. The van der Waals surface area contributed by atoms with E-state index < -0.39 is 0 Å². The van der Waals surface area contributed by atoms with Crippen LogP contribution in [0, 0.1) is 24.2 Å². The van der Waals surface area contributed by atoms with Gasteiger partial charge in [0.1, 0.15) is 6.61 Å². The molecule has 7 heavy (non-hydrogen) atoms. The van der Waals surface area contributed by atoms with Gasteiger partial charge in [-0.2, -0.15) is 0 Å². The lowest BCUT2D eigenvalue weighted by atomic mass is 10.6. The molecule has 0 radical (unpaired) electrons. The van der Waals surface area contributed by atoms with E-state index in [-0.39, 0.29) is 0 Å². The lowest BCUT2D eigenvalue weighted by Crippen LogP contribution is -1.79. The lowest BCUT2D eigenvalue weighted by molar-refractivity contribution is 0.240. The third kappa shape index (κ3) is 5.08. The Morgan fingerprint density at radius 3 is 2.86 bits per heavy atom. The van der Waals surface area contributed by atoms with E-state index in [1.807, 2.05) is 0 Å². The van der Waals surface area contributed by atoms with Crippen molar-refractivity contribution in [2.75, 3.05) is 13.7 Å². The molecule has 0 aliphatic heterocycles. The van der Waals surface area contributed by atoms with E-state index in [9.17, 15) is 0 Å². The first-order chi connectivity index (χ1) is 3.41. The van der Waals surface area contributed by atoms with Gasteiger partial charge in [0.15, 0.2) is 0 Å². The molecular weight excluding hydrogens is 88.1 g/mol. The van der Waals surface area contributed by atoms with Crippen LogP contribution in [0.5, 0.6) is 0 Å². The van der Waals surface area contributed by atoms with E-state index in [4.69, 9.17) is 6.42 Å². The maximum Gasteiger partial charge on any atom is 0.108 e. The largest absolute Gasteiger partial charge is 0.372 e. The van der Waals surface area contributed by atoms with E-state index in [0.717, 1.165) is 0 Å². The van der Waals surface area contributed by atoms with Gasteiger partial charge in [-0.05, 0) is 11.8 Å². The summed E-state index contributed by atoms with van der Waals surface area (Å²) >= 11 is 0. The van der Waals surface area contributed by atoms with Crippen LogP contribution in [0.4, 0.5) is 0 Å². The number of ether oxygens (including phenoxy) is 1. The molecule has 0 bridgehead atoms. The summed E-state index contributed by atoms with van der Waals surface area (Å²) in [6.07, 6.45) is 4.79. The maximum atomic E-state index is 4.79. The van der Waals surface area contributed by atoms with Crippen LogP contribution in [0.1, 0.15) is 0 Å². The van der Waals surface area contributed by atoms with Gasteiger partial charge in [-0.15, -0.1) is 6.42 Å². The Balaban J connectivity index is 3.13. The average Bonchev–Trinajstić information content (AvgIpc) is 1.69. The third-order valence-electron chi connectivity index (χ3n) is 0.377. The number of methoxy groups -OCH3 is 1. The summed E-state index contributed by atoms with van der Waals surface area (Å²) in [7, 11) is 1.57. The van der Waals surface area contributed by atoms with Gasteiger partial charge in [-0.3, -0.25) is 0 Å². The maximum absolute atomic E-state index is 4.79. The van der Waals surface area contributed by atoms with Crippen LogP contribution in [-0.4, -0.2) is 13.7 Å². The summed E-state index contributed by atoms with van der Waals surface area (Å²) in [5.74, 6) is 7.14. The van der Waals surface area contributed by atoms with Crippen molar-refractivity contribution in [3.8, 4) is 24.2 Å². The minimum Gasteiger partial charge on any atom is -0.372 e. The van der Waals surface area contributed by atoms with E-state index in [2.05, 4.69) is 22.5 Å². The number of rotatable bonds is 1. The minimum absolute atomic E-state index is 0.421. The second kappa shape index (κ2) is 5.08. The predicted molar refractivity (Wildman–Crippen MR) is 28.5 cm³/mol. The Morgan fingerprint density at radius 2 is 2.43 bits per heavy atom. The van der Waals surface area contributed by atoms with E-state index in [1.54, 1.807) is 7.11 Å². The topological polar surface area (TPSA) is 9.23 Å². The molecule has 0 aromatic heterocycles. The molecule has 0 aliphatic rings. The second-order valence-corrected chi connectivity index (χ2v) is 0.879. The Hall–Kier alpha value is -0.920. The van der Waals surface area contributed by atoms with Gasteiger partial charge in [0, 0.05) is 7.11 Å². The fourth-order valence-electron chi connectivity index (χ4n) is 0.159. The summed E-state index contributed by atoms with van der Waals surface area (Å²) in [5.41, 5.74) is 0. The van der Waals surface area contributed by atoms with Crippen molar-refractivity contribution < 1.29 is 4.74 Å². The zero-order chi connectivity index (χ0) is 5.54. The van der Waals surface area contributed by atoms with Crippen LogP contribution in [-0.2, 0) is 4.74 Å². The lowest BCUT2D eigenvalue weighted by Gasteiger charge is -1.77. The van der Waals surface area contributed by atoms with Gasteiger partial charge in [-0.1, -0.05) is 5.92 Å². The zero-order valence-corrected chi connectivity index (χ0v) is 4.19. The Bertz CT molecular complexity index is 119. The molecule has 0 heterocycles. The number of hydrogen-bond donors (Lipinski definition) is 0. The number of terminal acetylenes is 1. The van der Waals surface area contributed by atoms with Crippen LogP contribution in [0.15, 0.2) is 0 Å². The van der Waals surface area contributed by atoms with Crippen LogP contribution in [0.3, 0.4) is 0 Å². The first-order valence-electron chi connectivity index (χ1n) is 1.84. The fraction of sp³-hybridized carbons (Fsp3) is 0.333. The molecule has 0 saturated heterocycles. The molecule has 0 amide bonds. The van der Waals surface area contributed by atoms with Crippen molar-refractivity contribution >= 4 is 0 Å². The Labute approximate surface area is 43.7 Å². The predicted octanol–water partition coefficient (Wildman–Crippen LogP) is 0.269. The molecule has 0 spiro atoms. The third-order valence-corrected chi connectivity index (χ3v) is 0.377.